The second-order valence-corrected chi connectivity index (χ2v) is 6.71. The molecule has 0 aliphatic heterocycles. The molecule has 0 unspecified atom stereocenters. The van der Waals surface area contributed by atoms with E-state index in [1.54, 1.807) is 18.2 Å². The van der Waals surface area contributed by atoms with Gasteiger partial charge in [-0.15, -0.1) is 0 Å². The van der Waals surface area contributed by atoms with Crippen molar-refractivity contribution in [2.75, 3.05) is 6.61 Å². The number of aromatic nitrogens is 1. The average molecular weight is 404 g/mol. The molecule has 0 radical (unpaired) electrons. The van der Waals surface area contributed by atoms with Crippen LogP contribution in [0.5, 0.6) is 5.75 Å². The average Bonchev–Trinajstić information content (AvgIpc) is 2.59. The number of unbranched alkanes of at least 4 members (excludes halogenated alkanes) is 1. The molecular weight excluding hydrogens is 386 g/mol. The molecule has 1 heterocycles. The van der Waals surface area contributed by atoms with Gasteiger partial charge in [0.05, 0.1) is 17.5 Å². The number of nitrogens with zero attached hydrogens (tertiary/aromatic N) is 1. The molecule has 0 aliphatic rings. The fraction of sp³-hybridized carbons (Fsp3) is 0.263. The van der Waals surface area contributed by atoms with E-state index in [4.69, 9.17) is 9.15 Å². The van der Waals surface area contributed by atoms with Crippen LogP contribution in [0.3, 0.4) is 0 Å². The largest absolute Gasteiger partial charge is 0.493 e. The highest BCUT2D eigenvalue weighted by molar-refractivity contribution is 9.10. The lowest BCUT2D eigenvalue weighted by atomic mass is 10.2. The Bertz CT molecular complexity index is 1010. The van der Waals surface area contributed by atoms with Crippen molar-refractivity contribution in [3.05, 3.63) is 73.5 Å². The molecular formula is C19H18BrNO4. The Labute approximate surface area is 153 Å². The molecule has 5 nitrogen and oxygen atoms in total. The van der Waals surface area contributed by atoms with Crippen molar-refractivity contribution in [1.82, 2.24) is 4.57 Å². The van der Waals surface area contributed by atoms with Gasteiger partial charge in [0, 0.05) is 11.0 Å². The molecule has 130 valence electrons. The molecule has 2 aromatic carbocycles. The summed E-state index contributed by atoms with van der Waals surface area (Å²) in [5.41, 5.74) is 1.07. The number of halogens is 1. The Hall–Kier alpha value is -2.34. The Balaban J connectivity index is 1.67. The van der Waals surface area contributed by atoms with Gasteiger partial charge in [-0.3, -0.25) is 4.57 Å². The minimum absolute atomic E-state index is 0.394. The number of para-hydroxylation sites is 1. The van der Waals surface area contributed by atoms with Crippen LogP contribution in [0.25, 0.3) is 10.9 Å². The summed E-state index contributed by atoms with van der Waals surface area (Å²) in [7, 11) is 0. The smallest absolute Gasteiger partial charge is 0.422 e. The Morgan fingerprint density at radius 1 is 1.12 bits per heavy atom. The first kappa shape index (κ1) is 17.5. The molecule has 0 saturated heterocycles. The molecule has 0 aliphatic carbocycles. The summed E-state index contributed by atoms with van der Waals surface area (Å²) in [5.74, 6) is 0.250. The Morgan fingerprint density at radius 2 is 1.92 bits per heavy atom. The maximum Gasteiger partial charge on any atom is 0.422 e. The van der Waals surface area contributed by atoms with Gasteiger partial charge < -0.3 is 9.15 Å². The van der Waals surface area contributed by atoms with Gasteiger partial charge in [0.15, 0.2) is 0 Å². The van der Waals surface area contributed by atoms with Crippen LogP contribution in [0.4, 0.5) is 0 Å². The van der Waals surface area contributed by atoms with Crippen LogP contribution < -0.4 is 16.1 Å². The van der Waals surface area contributed by atoms with Crippen molar-refractivity contribution in [3.63, 3.8) is 0 Å². The number of hydrogen-bond donors (Lipinski definition) is 0. The lowest BCUT2D eigenvalue weighted by Crippen LogP contribution is -2.25. The molecule has 0 fully saturated rings. The predicted octanol–water partition coefficient (Wildman–Crippen LogP) is 3.88. The van der Waals surface area contributed by atoms with Gasteiger partial charge in [-0.05, 0) is 49.6 Å². The van der Waals surface area contributed by atoms with Gasteiger partial charge in [0.1, 0.15) is 5.75 Å². The molecule has 1 aromatic heterocycles. The first-order chi connectivity index (χ1) is 12.1. The monoisotopic (exact) mass is 403 g/mol. The molecule has 0 saturated carbocycles. The fourth-order valence-corrected chi connectivity index (χ4v) is 3.04. The van der Waals surface area contributed by atoms with Crippen LogP contribution in [0.15, 0.2) is 60.9 Å². The van der Waals surface area contributed by atoms with Crippen LogP contribution in [0, 0.1) is 6.92 Å². The van der Waals surface area contributed by atoms with E-state index in [0.717, 1.165) is 28.6 Å². The SMILES string of the molecule is Cc1ccccc1OCCCCn1c(=O)oc(=O)c2cc(Br)ccc21. The number of rotatable bonds is 6. The first-order valence-corrected chi connectivity index (χ1v) is 8.87. The van der Waals surface area contributed by atoms with E-state index < -0.39 is 11.4 Å². The zero-order chi connectivity index (χ0) is 17.8. The second kappa shape index (κ2) is 7.70. The fourth-order valence-electron chi connectivity index (χ4n) is 2.68. The van der Waals surface area contributed by atoms with E-state index in [0.29, 0.717) is 24.1 Å². The summed E-state index contributed by atoms with van der Waals surface area (Å²) in [5, 5.41) is 0.394. The van der Waals surface area contributed by atoms with Crippen LogP contribution in [0.2, 0.25) is 0 Å². The molecule has 3 aromatic rings. The van der Waals surface area contributed by atoms with Crippen LogP contribution >= 0.6 is 15.9 Å². The van der Waals surface area contributed by atoms with Crippen molar-refractivity contribution >= 4 is 26.8 Å². The van der Waals surface area contributed by atoms with Crippen LogP contribution in [0.1, 0.15) is 18.4 Å². The van der Waals surface area contributed by atoms with Crippen LogP contribution in [-0.4, -0.2) is 11.2 Å². The first-order valence-electron chi connectivity index (χ1n) is 8.08. The second-order valence-electron chi connectivity index (χ2n) is 5.79. The van der Waals surface area contributed by atoms with E-state index in [9.17, 15) is 9.59 Å². The normalized spacial score (nSPS) is 11.0. The number of benzene rings is 2. The van der Waals surface area contributed by atoms with Gasteiger partial charge in [-0.2, -0.15) is 0 Å². The van der Waals surface area contributed by atoms with Crippen molar-refractivity contribution < 1.29 is 9.15 Å². The molecule has 0 N–H and O–H groups in total. The summed E-state index contributed by atoms with van der Waals surface area (Å²) >= 11 is 3.33. The minimum Gasteiger partial charge on any atom is -0.493 e. The van der Waals surface area contributed by atoms with Crippen molar-refractivity contribution in [3.8, 4) is 5.75 Å². The number of fused-ring (bicyclic) bond motifs is 1. The third-order valence-electron chi connectivity index (χ3n) is 4.00. The summed E-state index contributed by atoms with van der Waals surface area (Å²) in [6.45, 7) is 3.04. The van der Waals surface area contributed by atoms with Gasteiger partial charge in [0.25, 0.3) is 0 Å². The minimum atomic E-state index is -0.625. The third kappa shape index (κ3) is 4.02. The lowest BCUT2D eigenvalue weighted by Gasteiger charge is -2.10. The third-order valence-corrected chi connectivity index (χ3v) is 4.49. The van der Waals surface area contributed by atoms with E-state index in [1.807, 2.05) is 31.2 Å². The Kier molecular flexibility index (Phi) is 5.38. The molecule has 3 rings (SSSR count). The van der Waals surface area contributed by atoms with Gasteiger partial charge in [-0.25, -0.2) is 9.59 Å². The summed E-state index contributed by atoms with van der Waals surface area (Å²) in [6.07, 6.45) is 1.53. The molecule has 0 spiro atoms. The van der Waals surface area contributed by atoms with Crippen molar-refractivity contribution in [2.24, 2.45) is 0 Å². The molecule has 25 heavy (non-hydrogen) atoms. The predicted molar refractivity (Wildman–Crippen MR) is 100 cm³/mol. The quantitative estimate of drug-likeness (QED) is 0.585. The molecule has 0 amide bonds. The van der Waals surface area contributed by atoms with E-state index in [2.05, 4.69) is 15.9 Å². The standard InChI is InChI=1S/C19H18BrNO4/c1-13-6-2-3-7-17(13)24-11-5-4-10-21-16-9-8-14(20)12-15(16)18(22)25-19(21)23/h2-3,6-9,12H,4-5,10-11H2,1H3. The van der Waals surface area contributed by atoms with Gasteiger partial charge in [0.2, 0.25) is 0 Å². The molecule has 0 bridgehead atoms. The highest BCUT2D eigenvalue weighted by atomic mass is 79.9. The highest BCUT2D eigenvalue weighted by Crippen LogP contribution is 2.18. The zero-order valence-electron chi connectivity index (χ0n) is 13.8. The summed E-state index contributed by atoms with van der Waals surface area (Å²) in [4.78, 5) is 23.9. The maximum absolute atomic E-state index is 12.0. The number of hydrogen-bond acceptors (Lipinski definition) is 4. The van der Waals surface area contributed by atoms with E-state index in [-0.39, 0.29) is 0 Å². The molecule has 6 heteroatoms. The maximum atomic E-state index is 12.0. The highest BCUT2D eigenvalue weighted by Gasteiger charge is 2.09. The lowest BCUT2D eigenvalue weighted by molar-refractivity contribution is 0.299. The van der Waals surface area contributed by atoms with Crippen molar-refractivity contribution in [2.45, 2.75) is 26.3 Å². The number of aryl methyl sites for hydroxylation is 2. The van der Waals surface area contributed by atoms with E-state index >= 15 is 0 Å². The van der Waals surface area contributed by atoms with Crippen LogP contribution in [-0.2, 0) is 6.54 Å². The van der Waals surface area contributed by atoms with Gasteiger partial charge in [-0.1, -0.05) is 34.1 Å². The summed E-state index contributed by atoms with van der Waals surface area (Å²) < 4.78 is 12.8. The van der Waals surface area contributed by atoms with Gasteiger partial charge >= 0.3 is 11.4 Å². The molecule has 0 atom stereocenters. The number of ether oxygens (including phenoxy) is 1. The zero-order valence-corrected chi connectivity index (χ0v) is 15.4. The summed E-state index contributed by atoms with van der Waals surface area (Å²) in [6, 6.07) is 13.1. The van der Waals surface area contributed by atoms with Crippen molar-refractivity contribution in [1.29, 1.82) is 0 Å². The Morgan fingerprint density at radius 3 is 2.72 bits per heavy atom. The van der Waals surface area contributed by atoms with E-state index in [1.165, 1.54) is 4.57 Å². The topological polar surface area (TPSA) is 61.4 Å².